The summed E-state index contributed by atoms with van der Waals surface area (Å²) in [7, 11) is 0. The largest absolute Gasteiger partial charge is 0.310 e. The molecule has 2 fully saturated rings. The normalized spacial score (nSPS) is 34.8. The second kappa shape index (κ2) is 5.07. The van der Waals surface area contributed by atoms with Crippen LogP contribution in [0, 0.1) is 0 Å². The zero-order chi connectivity index (χ0) is 10.7. The van der Waals surface area contributed by atoms with Crippen LogP contribution >= 0.6 is 11.8 Å². The maximum Gasteiger partial charge on any atom is 0.0529 e. The van der Waals surface area contributed by atoms with E-state index in [0.717, 1.165) is 0 Å². The van der Waals surface area contributed by atoms with Crippen molar-refractivity contribution in [2.24, 2.45) is 0 Å². The number of hydrogen-bond acceptors (Lipinski definition) is 3. The molecule has 0 radical (unpaired) electrons. The molecule has 88 valence electrons. The Hall–Kier alpha value is 0.270. The second-order valence-electron chi connectivity index (χ2n) is 4.94. The first kappa shape index (κ1) is 11.7. The van der Waals surface area contributed by atoms with Gasteiger partial charge in [-0.05, 0) is 38.5 Å². The van der Waals surface area contributed by atoms with E-state index in [1.54, 1.807) is 0 Å². The number of thioether (sulfide) groups is 1. The highest BCUT2D eigenvalue weighted by molar-refractivity contribution is 7.99. The maximum atomic E-state index is 3.77. The minimum absolute atomic E-state index is 0.487. The Morgan fingerprint density at radius 3 is 2.93 bits per heavy atom. The average molecular weight is 228 g/mol. The Morgan fingerprint density at radius 1 is 1.40 bits per heavy atom. The van der Waals surface area contributed by atoms with Gasteiger partial charge in [-0.2, -0.15) is 0 Å². The van der Waals surface area contributed by atoms with E-state index >= 15 is 0 Å². The molecule has 15 heavy (non-hydrogen) atoms. The molecule has 1 N–H and O–H groups in total. The molecule has 0 aromatic carbocycles. The number of nitrogens with zero attached hydrogens (tertiary/aromatic N) is 1. The fourth-order valence-corrected chi connectivity index (χ4v) is 3.81. The molecule has 3 heteroatoms. The van der Waals surface area contributed by atoms with Gasteiger partial charge >= 0.3 is 0 Å². The summed E-state index contributed by atoms with van der Waals surface area (Å²) in [5.74, 6) is 1.23. The number of piperidine rings is 1. The van der Waals surface area contributed by atoms with Gasteiger partial charge in [-0.3, -0.25) is 4.90 Å². The topological polar surface area (TPSA) is 15.3 Å². The summed E-state index contributed by atoms with van der Waals surface area (Å²) in [6, 6.07) is 0. The lowest BCUT2D eigenvalue weighted by molar-refractivity contribution is 0.235. The van der Waals surface area contributed by atoms with E-state index in [1.807, 2.05) is 0 Å². The highest BCUT2D eigenvalue weighted by Crippen LogP contribution is 2.32. The van der Waals surface area contributed by atoms with E-state index in [-0.39, 0.29) is 0 Å². The molecule has 2 heterocycles. The maximum absolute atomic E-state index is 3.77. The molecule has 2 aliphatic heterocycles. The van der Waals surface area contributed by atoms with Crippen LogP contribution in [0.1, 0.15) is 39.5 Å². The van der Waals surface area contributed by atoms with Gasteiger partial charge in [0.25, 0.3) is 0 Å². The third-order valence-corrected chi connectivity index (χ3v) is 5.00. The van der Waals surface area contributed by atoms with Gasteiger partial charge in [0.15, 0.2) is 0 Å². The van der Waals surface area contributed by atoms with Crippen molar-refractivity contribution in [1.82, 2.24) is 10.2 Å². The molecule has 0 aliphatic carbocycles. The van der Waals surface area contributed by atoms with E-state index in [0.29, 0.717) is 10.9 Å². The van der Waals surface area contributed by atoms with Gasteiger partial charge in [0, 0.05) is 18.6 Å². The summed E-state index contributed by atoms with van der Waals surface area (Å²) in [4.78, 5) is 2.66. The van der Waals surface area contributed by atoms with E-state index in [4.69, 9.17) is 0 Å². The predicted molar refractivity (Wildman–Crippen MR) is 68.4 cm³/mol. The Balaban J connectivity index is 1.87. The minimum Gasteiger partial charge on any atom is -0.310 e. The second-order valence-corrected chi connectivity index (χ2v) is 6.53. The van der Waals surface area contributed by atoms with Gasteiger partial charge in [-0.15, -0.1) is 11.8 Å². The minimum atomic E-state index is 0.487. The number of rotatable bonds is 3. The predicted octanol–water partition coefficient (Wildman–Crippen LogP) is 2.30. The highest BCUT2D eigenvalue weighted by Gasteiger charge is 2.39. The Morgan fingerprint density at radius 2 is 2.27 bits per heavy atom. The zero-order valence-electron chi connectivity index (χ0n) is 10.1. The zero-order valence-corrected chi connectivity index (χ0v) is 10.9. The molecule has 2 unspecified atom stereocenters. The third kappa shape index (κ3) is 2.69. The Kier molecular flexibility index (Phi) is 3.97. The number of hydrogen-bond donors (Lipinski definition) is 1. The van der Waals surface area contributed by atoms with Crippen LogP contribution in [-0.2, 0) is 0 Å². The lowest BCUT2D eigenvalue weighted by Crippen LogP contribution is -2.50. The lowest BCUT2D eigenvalue weighted by atomic mass is 9.88. The summed E-state index contributed by atoms with van der Waals surface area (Å²) in [6.45, 7) is 8.42. The molecule has 0 aromatic heterocycles. The molecule has 1 spiro atoms. The molecule has 2 aliphatic rings. The van der Waals surface area contributed by atoms with Crippen molar-refractivity contribution in [3.05, 3.63) is 0 Å². The fourth-order valence-electron chi connectivity index (χ4n) is 2.94. The fraction of sp³-hybridized carbons (Fsp3) is 1.00. The van der Waals surface area contributed by atoms with Gasteiger partial charge in [0.2, 0.25) is 0 Å². The van der Waals surface area contributed by atoms with E-state index < -0.39 is 0 Å². The summed E-state index contributed by atoms with van der Waals surface area (Å²) >= 11 is 2.07. The lowest BCUT2D eigenvalue weighted by Gasteiger charge is -2.35. The van der Waals surface area contributed by atoms with Gasteiger partial charge in [0.05, 0.1) is 5.37 Å². The molecular formula is C12H24N2S. The summed E-state index contributed by atoms with van der Waals surface area (Å²) < 4.78 is 0. The monoisotopic (exact) mass is 228 g/mol. The first-order valence-corrected chi connectivity index (χ1v) is 7.41. The van der Waals surface area contributed by atoms with Gasteiger partial charge in [-0.25, -0.2) is 0 Å². The molecule has 2 nitrogen and oxygen atoms in total. The van der Waals surface area contributed by atoms with Crippen LogP contribution in [0.2, 0.25) is 0 Å². The first-order chi connectivity index (χ1) is 7.26. The molecule has 0 amide bonds. The molecule has 2 atom stereocenters. The standard InChI is InChI=1S/C12H24N2S/c1-3-15-11(2)14-9-7-12(10-14)6-4-5-8-13-12/h11,13H,3-10H2,1-2H3. The quantitative estimate of drug-likeness (QED) is 0.798. The average Bonchev–Trinajstić information content (AvgIpc) is 2.64. The number of likely N-dealkylation sites (tertiary alicyclic amines) is 1. The first-order valence-electron chi connectivity index (χ1n) is 6.36. The van der Waals surface area contributed by atoms with Crippen molar-refractivity contribution in [3.8, 4) is 0 Å². The van der Waals surface area contributed by atoms with Gasteiger partial charge in [0.1, 0.15) is 0 Å². The van der Waals surface area contributed by atoms with E-state index in [9.17, 15) is 0 Å². The van der Waals surface area contributed by atoms with E-state index in [1.165, 1.54) is 51.1 Å². The number of nitrogens with one attached hydrogen (secondary N) is 1. The van der Waals surface area contributed by atoms with Crippen molar-refractivity contribution in [2.75, 3.05) is 25.4 Å². The SMILES string of the molecule is CCSC(C)N1CCC2(CCCCN2)C1. The van der Waals surface area contributed by atoms with Crippen molar-refractivity contribution in [1.29, 1.82) is 0 Å². The van der Waals surface area contributed by atoms with Crippen LogP contribution in [-0.4, -0.2) is 41.2 Å². The summed E-state index contributed by atoms with van der Waals surface area (Å²) in [6.07, 6.45) is 5.56. The van der Waals surface area contributed by atoms with Crippen LogP contribution in [0.5, 0.6) is 0 Å². The van der Waals surface area contributed by atoms with Gasteiger partial charge < -0.3 is 5.32 Å². The van der Waals surface area contributed by atoms with Crippen LogP contribution < -0.4 is 5.32 Å². The third-order valence-electron chi connectivity index (χ3n) is 3.89. The molecule has 2 saturated heterocycles. The van der Waals surface area contributed by atoms with Crippen molar-refractivity contribution >= 4 is 11.8 Å². The molecule has 2 rings (SSSR count). The smallest absolute Gasteiger partial charge is 0.0529 e. The van der Waals surface area contributed by atoms with Crippen LogP contribution in [0.25, 0.3) is 0 Å². The Labute approximate surface area is 98.2 Å². The van der Waals surface area contributed by atoms with E-state index in [2.05, 4.69) is 35.8 Å². The van der Waals surface area contributed by atoms with Crippen molar-refractivity contribution < 1.29 is 0 Å². The molecule has 0 bridgehead atoms. The summed E-state index contributed by atoms with van der Waals surface area (Å²) in [5.41, 5.74) is 0.487. The van der Waals surface area contributed by atoms with Crippen LogP contribution in [0.3, 0.4) is 0 Å². The van der Waals surface area contributed by atoms with Crippen molar-refractivity contribution in [2.45, 2.75) is 50.4 Å². The highest BCUT2D eigenvalue weighted by atomic mass is 32.2. The van der Waals surface area contributed by atoms with Crippen LogP contribution in [0.15, 0.2) is 0 Å². The van der Waals surface area contributed by atoms with Crippen LogP contribution in [0.4, 0.5) is 0 Å². The van der Waals surface area contributed by atoms with Gasteiger partial charge in [-0.1, -0.05) is 13.3 Å². The Bertz CT molecular complexity index is 202. The van der Waals surface area contributed by atoms with Crippen molar-refractivity contribution in [3.63, 3.8) is 0 Å². The molecular weight excluding hydrogens is 204 g/mol. The molecule has 0 aromatic rings. The summed E-state index contributed by atoms with van der Waals surface area (Å²) in [5, 5.41) is 4.48. The molecule has 0 saturated carbocycles.